The molecule has 0 aromatic heterocycles. The van der Waals surface area contributed by atoms with Gasteiger partial charge in [-0.1, -0.05) is 25.1 Å². The number of ether oxygens (including phenoxy) is 1. The van der Waals surface area contributed by atoms with Crippen LogP contribution in [0.25, 0.3) is 0 Å². The average molecular weight is 433 g/mol. The van der Waals surface area contributed by atoms with Crippen LogP contribution in [0.15, 0.2) is 53.4 Å². The lowest BCUT2D eigenvalue weighted by Gasteiger charge is -2.34. The van der Waals surface area contributed by atoms with Crippen LogP contribution in [0.4, 0.5) is 5.69 Å². The summed E-state index contributed by atoms with van der Waals surface area (Å²) in [6.07, 6.45) is 0.855. The average Bonchev–Trinajstić information content (AvgIpc) is 2.77. The summed E-state index contributed by atoms with van der Waals surface area (Å²) in [4.78, 5) is 24.5. The molecule has 9 nitrogen and oxygen atoms in total. The molecular weight excluding hydrogens is 410 g/mol. The monoisotopic (exact) mass is 433 g/mol. The summed E-state index contributed by atoms with van der Waals surface area (Å²) in [7, 11) is -4.03. The van der Waals surface area contributed by atoms with Crippen LogP contribution in [-0.2, 0) is 10.0 Å². The van der Waals surface area contributed by atoms with Crippen LogP contribution in [0.5, 0.6) is 5.75 Å². The molecule has 1 amide bonds. The van der Waals surface area contributed by atoms with E-state index < -0.39 is 20.6 Å². The zero-order chi connectivity index (χ0) is 21.7. The van der Waals surface area contributed by atoms with E-state index in [1.54, 1.807) is 29.2 Å². The fourth-order valence-corrected chi connectivity index (χ4v) is 4.80. The second-order valence-electron chi connectivity index (χ2n) is 6.80. The third-order valence-corrected chi connectivity index (χ3v) is 6.71. The molecular formula is C20H23N3O6S. The van der Waals surface area contributed by atoms with E-state index in [0.717, 1.165) is 6.42 Å². The molecule has 0 saturated carbocycles. The quantitative estimate of drug-likeness (QED) is 0.490. The number of hydrogen-bond donors (Lipinski definition) is 0. The van der Waals surface area contributed by atoms with E-state index in [0.29, 0.717) is 17.9 Å². The van der Waals surface area contributed by atoms with Crippen molar-refractivity contribution in [1.29, 1.82) is 0 Å². The van der Waals surface area contributed by atoms with Crippen LogP contribution in [-0.4, -0.2) is 61.2 Å². The number of rotatable bonds is 7. The summed E-state index contributed by atoms with van der Waals surface area (Å²) in [5, 5.41) is 11.2. The molecule has 30 heavy (non-hydrogen) atoms. The second kappa shape index (κ2) is 9.23. The van der Waals surface area contributed by atoms with Crippen molar-refractivity contribution in [1.82, 2.24) is 9.21 Å². The highest BCUT2D eigenvalue weighted by atomic mass is 32.2. The van der Waals surface area contributed by atoms with Gasteiger partial charge in [-0.2, -0.15) is 4.31 Å². The van der Waals surface area contributed by atoms with Gasteiger partial charge in [0.1, 0.15) is 5.75 Å². The maximum Gasteiger partial charge on any atom is 0.289 e. The molecule has 0 atom stereocenters. The number of carbonyl (C=O) groups excluding carboxylic acids is 1. The molecule has 0 radical (unpaired) electrons. The van der Waals surface area contributed by atoms with Gasteiger partial charge in [-0.15, -0.1) is 0 Å². The highest BCUT2D eigenvalue weighted by Gasteiger charge is 2.34. The molecule has 1 fully saturated rings. The molecule has 2 aromatic carbocycles. The van der Waals surface area contributed by atoms with Crippen LogP contribution in [0, 0.1) is 10.1 Å². The van der Waals surface area contributed by atoms with Crippen LogP contribution >= 0.6 is 0 Å². The summed E-state index contributed by atoms with van der Waals surface area (Å²) in [5.74, 6) is 0.403. The van der Waals surface area contributed by atoms with E-state index >= 15 is 0 Å². The highest BCUT2D eigenvalue weighted by Crippen LogP contribution is 2.27. The van der Waals surface area contributed by atoms with Crippen molar-refractivity contribution in [3.63, 3.8) is 0 Å². The molecule has 2 aromatic rings. The number of nitro benzene ring substituents is 1. The van der Waals surface area contributed by atoms with Crippen molar-refractivity contribution >= 4 is 21.6 Å². The largest absolute Gasteiger partial charge is 0.494 e. The Kier molecular flexibility index (Phi) is 6.68. The first-order valence-corrected chi connectivity index (χ1v) is 11.0. The number of amides is 1. The van der Waals surface area contributed by atoms with Gasteiger partial charge in [0.25, 0.3) is 11.6 Å². The van der Waals surface area contributed by atoms with Gasteiger partial charge in [-0.25, -0.2) is 8.42 Å². The van der Waals surface area contributed by atoms with E-state index in [9.17, 15) is 23.3 Å². The van der Waals surface area contributed by atoms with E-state index in [4.69, 9.17) is 4.74 Å². The first-order chi connectivity index (χ1) is 14.3. The number of carbonyl (C=O) groups is 1. The van der Waals surface area contributed by atoms with Gasteiger partial charge in [-0.05, 0) is 30.7 Å². The Morgan fingerprint density at radius 1 is 1.10 bits per heavy atom. The lowest BCUT2D eigenvalue weighted by Crippen LogP contribution is -2.50. The number of sulfonamides is 1. The van der Waals surface area contributed by atoms with Crippen molar-refractivity contribution in [2.45, 2.75) is 18.2 Å². The Morgan fingerprint density at radius 3 is 2.47 bits per heavy atom. The van der Waals surface area contributed by atoms with Gasteiger partial charge in [0.05, 0.1) is 11.5 Å². The van der Waals surface area contributed by atoms with Crippen molar-refractivity contribution in [2.75, 3.05) is 32.8 Å². The molecule has 3 rings (SSSR count). The van der Waals surface area contributed by atoms with Gasteiger partial charge in [0.15, 0.2) is 4.90 Å². The molecule has 0 unspecified atom stereocenters. The van der Waals surface area contributed by atoms with Crippen LogP contribution in [0.3, 0.4) is 0 Å². The zero-order valence-corrected chi connectivity index (χ0v) is 17.4. The first kappa shape index (κ1) is 21.7. The molecule has 0 aliphatic carbocycles. The van der Waals surface area contributed by atoms with Crippen molar-refractivity contribution in [3.8, 4) is 5.75 Å². The smallest absolute Gasteiger partial charge is 0.289 e. The van der Waals surface area contributed by atoms with E-state index in [1.165, 1.54) is 28.6 Å². The molecule has 1 aliphatic heterocycles. The van der Waals surface area contributed by atoms with E-state index in [1.807, 2.05) is 6.92 Å². The lowest BCUT2D eigenvalue weighted by atomic mass is 10.1. The Morgan fingerprint density at radius 2 is 1.80 bits per heavy atom. The van der Waals surface area contributed by atoms with Crippen molar-refractivity contribution in [2.24, 2.45) is 0 Å². The van der Waals surface area contributed by atoms with Gasteiger partial charge in [0.2, 0.25) is 10.0 Å². The molecule has 0 N–H and O–H groups in total. The van der Waals surface area contributed by atoms with Crippen molar-refractivity contribution in [3.05, 3.63) is 64.2 Å². The Hall–Kier alpha value is -2.98. The Labute approximate surface area is 175 Å². The van der Waals surface area contributed by atoms with Gasteiger partial charge >= 0.3 is 0 Å². The molecule has 160 valence electrons. The predicted octanol–water partition coefficient (Wildman–Crippen LogP) is 2.53. The Bertz CT molecular complexity index is 1030. The number of hydrogen-bond acceptors (Lipinski definition) is 6. The summed E-state index contributed by atoms with van der Waals surface area (Å²) in [6, 6.07) is 12.2. The number of nitrogens with zero attached hydrogens (tertiary/aromatic N) is 3. The minimum Gasteiger partial charge on any atom is -0.494 e. The summed E-state index contributed by atoms with van der Waals surface area (Å²) in [6.45, 7) is 3.06. The molecule has 0 bridgehead atoms. The molecule has 10 heteroatoms. The zero-order valence-electron chi connectivity index (χ0n) is 16.6. The third-order valence-electron chi connectivity index (χ3n) is 4.76. The van der Waals surface area contributed by atoms with Gasteiger partial charge < -0.3 is 9.64 Å². The Balaban J connectivity index is 1.70. The minimum absolute atomic E-state index is 0.0617. The highest BCUT2D eigenvalue weighted by molar-refractivity contribution is 7.89. The SMILES string of the molecule is CCCOc1cccc(C(=O)N2CCN(S(=O)(=O)c3ccccc3[N+](=O)[O-])CC2)c1. The van der Waals surface area contributed by atoms with Crippen molar-refractivity contribution < 1.29 is 22.9 Å². The molecule has 0 spiro atoms. The predicted molar refractivity (Wildman–Crippen MR) is 110 cm³/mol. The summed E-state index contributed by atoms with van der Waals surface area (Å²) in [5.41, 5.74) is 0.0125. The van der Waals surface area contributed by atoms with Crippen LogP contribution in [0.2, 0.25) is 0 Å². The third kappa shape index (κ3) is 4.60. The lowest BCUT2D eigenvalue weighted by molar-refractivity contribution is -0.387. The second-order valence-corrected chi connectivity index (χ2v) is 8.70. The van der Waals surface area contributed by atoms with Gasteiger partial charge in [-0.3, -0.25) is 14.9 Å². The molecule has 1 saturated heterocycles. The normalized spacial score (nSPS) is 15.0. The van der Waals surface area contributed by atoms with Crippen LogP contribution < -0.4 is 4.74 Å². The number of para-hydroxylation sites is 1. The van der Waals surface area contributed by atoms with Gasteiger partial charge in [0, 0.05) is 37.8 Å². The maximum absolute atomic E-state index is 12.9. The van der Waals surface area contributed by atoms with E-state index in [2.05, 4.69) is 0 Å². The summed E-state index contributed by atoms with van der Waals surface area (Å²) < 4.78 is 32.6. The first-order valence-electron chi connectivity index (χ1n) is 9.60. The summed E-state index contributed by atoms with van der Waals surface area (Å²) >= 11 is 0. The van der Waals surface area contributed by atoms with E-state index in [-0.39, 0.29) is 37.0 Å². The van der Waals surface area contributed by atoms with Crippen LogP contribution in [0.1, 0.15) is 23.7 Å². The molecule has 1 aliphatic rings. The topological polar surface area (TPSA) is 110 Å². The fourth-order valence-electron chi connectivity index (χ4n) is 3.22. The standard InChI is InChI=1S/C20H23N3O6S/c1-2-14-29-17-7-5-6-16(15-17)20(24)21-10-12-22(13-11-21)30(27,28)19-9-4-3-8-18(19)23(25)26/h3-9,15H,2,10-14H2,1H3. The number of piperazine rings is 1. The number of benzene rings is 2. The number of nitro groups is 1. The maximum atomic E-state index is 12.9. The molecule has 1 heterocycles. The minimum atomic E-state index is -4.03. The fraction of sp³-hybridized carbons (Fsp3) is 0.350.